The minimum Gasteiger partial charge on any atom is -0.454 e. The summed E-state index contributed by atoms with van der Waals surface area (Å²) in [5, 5.41) is 2.63. The lowest BCUT2D eigenvalue weighted by molar-refractivity contribution is -0.116. The van der Waals surface area contributed by atoms with Gasteiger partial charge in [-0.25, -0.2) is 4.39 Å². The Labute approximate surface area is 137 Å². The lowest BCUT2D eigenvalue weighted by Gasteiger charge is -2.19. The van der Waals surface area contributed by atoms with Gasteiger partial charge < -0.3 is 19.7 Å². The normalized spacial score (nSPS) is 12.0. The van der Waals surface area contributed by atoms with Gasteiger partial charge in [0.25, 0.3) is 5.91 Å². The van der Waals surface area contributed by atoms with Gasteiger partial charge >= 0.3 is 0 Å². The summed E-state index contributed by atoms with van der Waals surface area (Å²) in [5.74, 6) is -0.161. The molecule has 1 aliphatic heterocycles. The summed E-state index contributed by atoms with van der Waals surface area (Å²) < 4.78 is 24.0. The van der Waals surface area contributed by atoms with Crippen LogP contribution in [-0.4, -0.2) is 25.7 Å². The van der Waals surface area contributed by atoms with E-state index >= 15 is 0 Å². The fraction of sp³-hybridized carbons (Fsp3) is 0.176. The largest absolute Gasteiger partial charge is 0.454 e. The molecule has 0 atom stereocenters. The number of hydrogen-bond acceptors (Lipinski definition) is 4. The van der Waals surface area contributed by atoms with E-state index < -0.39 is 11.7 Å². The number of carbonyl (C=O) groups excluding carboxylic acids is 2. The number of anilines is 2. The zero-order valence-corrected chi connectivity index (χ0v) is 13.1. The quantitative estimate of drug-likeness (QED) is 0.940. The van der Waals surface area contributed by atoms with Gasteiger partial charge in [0.1, 0.15) is 5.82 Å². The molecular weight excluding hydrogens is 315 g/mol. The van der Waals surface area contributed by atoms with Crippen molar-refractivity contribution in [2.24, 2.45) is 0 Å². The Morgan fingerprint density at radius 1 is 1.12 bits per heavy atom. The molecule has 0 fully saturated rings. The molecule has 2 aromatic rings. The molecule has 0 saturated heterocycles. The maximum Gasteiger partial charge on any atom is 0.255 e. The Morgan fingerprint density at radius 3 is 2.62 bits per heavy atom. The third-order valence-electron chi connectivity index (χ3n) is 3.68. The smallest absolute Gasteiger partial charge is 0.255 e. The molecular formula is C17H15FN2O4. The molecule has 0 aromatic heterocycles. The molecule has 0 spiro atoms. The van der Waals surface area contributed by atoms with Crippen molar-refractivity contribution < 1.29 is 23.5 Å². The summed E-state index contributed by atoms with van der Waals surface area (Å²) in [4.78, 5) is 25.3. The van der Waals surface area contributed by atoms with Crippen LogP contribution in [0.15, 0.2) is 36.4 Å². The number of ether oxygens (including phenoxy) is 2. The van der Waals surface area contributed by atoms with Gasteiger partial charge in [-0.15, -0.1) is 0 Å². The highest BCUT2D eigenvalue weighted by molar-refractivity contribution is 6.07. The first-order chi connectivity index (χ1) is 11.5. The van der Waals surface area contributed by atoms with Gasteiger partial charge in [-0.2, -0.15) is 0 Å². The van der Waals surface area contributed by atoms with E-state index in [1.807, 2.05) is 0 Å². The maximum absolute atomic E-state index is 13.6. The van der Waals surface area contributed by atoms with Crippen molar-refractivity contribution in [2.45, 2.75) is 6.92 Å². The minimum atomic E-state index is -0.517. The van der Waals surface area contributed by atoms with E-state index in [-0.39, 0.29) is 18.4 Å². The highest BCUT2D eigenvalue weighted by Gasteiger charge is 2.18. The van der Waals surface area contributed by atoms with Crippen LogP contribution in [0.5, 0.6) is 11.5 Å². The number of nitrogens with one attached hydrogen (secondary N) is 1. The van der Waals surface area contributed by atoms with E-state index in [9.17, 15) is 14.0 Å². The summed E-state index contributed by atoms with van der Waals surface area (Å²) in [6.07, 6.45) is 0. The zero-order chi connectivity index (χ0) is 17.3. The SMILES string of the molecule is CC(=O)N(C)c1ccc(F)cc1NC(=O)c1ccc2c(c1)OCO2. The first-order valence-electron chi connectivity index (χ1n) is 7.20. The van der Waals surface area contributed by atoms with E-state index in [4.69, 9.17) is 9.47 Å². The van der Waals surface area contributed by atoms with Crippen molar-refractivity contribution in [3.63, 3.8) is 0 Å². The molecule has 2 amide bonds. The average molecular weight is 330 g/mol. The number of nitrogens with zero attached hydrogens (tertiary/aromatic N) is 1. The predicted molar refractivity (Wildman–Crippen MR) is 86.0 cm³/mol. The van der Waals surface area contributed by atoms with Gasteiger partial charge in [0.05, 0.1) is 11.4 Å². The molecule has 1 aliphatic rings. The Bertz CT molecular complexity index is 822. The van der Waals surface area contributed by atoms with Crippen LogP contribution in [0.2, 0.25) is 0 Å². The van der Waals surface area contributed by atoms with Crippen LogP contribution in [0.1, 0.15) is 17.3 Å². The summed E-state index contributed by atoms with van der Waals surface area (Å²) in [7, 11) is 1.55. The first kappa shape index (κ1) is 15.8. The third-order valence-corrected chi connectivity index (χ3v) is 3.68. The van der Waals surface area contributed by atoms with E-state index in [2.05, 4.69) is 5.32 Å². The average Bonchev–Trinajstić information content (AvgIpc) is 3.01. The molecule has 2 aromatic carbocycles. The molecule has 7 heteroatoms. The van der Waals surface area contributed by atoms with Crippen molar-refractivity contribution in [3.8, 4) is 11.5 Å². The second-order valence-corrected chi connectivity index (χ2v) is 5.26. The Morgan fingerprint density at radius 2 is 1.88 bits per heavy atom. The maximum atomic E-state index is 13.6. The molecule has 1 N–H and O–H groups in total. The molecule has 0 bridgehead atoms. The second-order valence-electron chi connectivity index (χ2n) is 5.26. The van der Waals surface area contributed by atoms with E-state index in [0.29, 0.717) is 22.7 Å². The predicted octanol–water partition coefficient (Wildman–Crippen LogP) is 2.79. The molecule has 0 radical (unpaired) electrons. The van der Waals surface area contributed by atoms with Gasteiger partial charge in [-0.05, 0) is 36.4 Å². The van der Waals surface area contributed by atoms with Gasteiger partial charge in [0, 0.05) is 19.5 Å². The lowest BCUT2D eigenvalue weighted by atomic mass is 10.1. The van der Waals surface area contributed by atoms with Gasteiger partial charge in [-0.3, -0.25) is 9.59 Å². The first-order valence-corrected chi connectivity index (χ1v) is 7.20. The third kappa shape index (κ3) is 3.01. The van der Waals surface area contributed by atoms with Gasteiger partial charge in [-0.1, -0.05) is 0 Å². The summed E-state index contributed by atoms with van der Waals surface area (Å²) >= 11 is 0. The minimum absolute atomic E-state index is 0.109. The molecule has 124 valence electrons. The fourth-order valence-electron chi connectivity index (χ4n) is 2.30. The molecule has 0 saturated carbocycles. The van der Waals surface area contributed by atoms with Crippen LogP contribution in [0.3, 0.4) is 0 Å². The van der Waals surface area contributed by atoms with Gasteiger partial charge in [0.15, 0.2) is 11.5 Å². The summed E-state index contributed by atoms with van der Waals surface area (Å²) in [6, 6.07) is 8.59. The van der Waals surface area contributed by atoms with E-state index in [1.165, 1.54) is 30.0 Å². The number of benzene rings is 2. The molecule has 3 rings (SSSR count). The molecule has 1 heterocycles. The molecule has 0 unspecified atom stereocenters. The molecule has 0 aliphatic carbocycles. The number of rotatable bonds is 3. The van der Waals surface area contributed by atoms with Crippen molar-refractivity contribution >= 4 is 23.2 Å². The second kappa shape index (κ2) is 6.19. The topological polar surface area (TPSA) is 67.9 Å². The van der Waals surface area contributed by atoms with E-state index in [1.54, 1.807) is 25.2 Å². The molecule has 6 nitrogen and oxygen atoms in total. The van der Waals surface area contributed by atoms with Crippen molar-refractivity contribution in [3.05, 3.63) is 47.8 Å². The van der Waals surface area contributed by atoms with Crippen molar-refractivity contribution in [2.75, 3.05) is 24.1 Å². The number of halogens is 1. The van der Waals surface area contributed by atoms with Crippen LogP contribution in [0, 0.1) is 5.82 Å². The number of carbonyl (C=O) groups is 2. The number of fused-ring (bicyclic) bond motifs is 1. The highest BCUT2D eigenvalue weighted by atomic mass is 19.1. The lowest BCUT2D eigenvalue weighted by Crippen LogP contribution is -2.25. The molecule has 24 heavy (non-hydrogen) atoms. The Balaban J connectivity index is 1.89. The Hall–Kier alpha value is -3.09. The monoisotopic (exact) mass is 330 g/mol. The van der Waals surface area contributed by atoms with Crippen LogP contribution in [0.25, 0.3) is 0 Å². The van der Waals surface area contributed by atoms with Crippen LogP contribution in [-0.2, 0) is 4.79 Å². The highest BCUT2D eigenvalue weighted by Crippen LogP contribution is 2.33. The van der Waals surface area contributed by atoms with Crippen LogP contribution < -0.4 is 19.7 Å². The van der Waals surface area contributed by atoms with Crippen molar-refractivity contribution in [1.29, 1.82) is 0 Å². The van der Waals surface area contributed by atoms with Crippen LogP contribution in [0.4, 0.5) is 15.8 Å². The number of hydrogen-bond donors (Lipinski definition) is 1. The van der Waals surface area contributed by atoms with E-state index in [0.717, 1.165) is 0 Å². The summed E-state index contributed by atoms with van der Waals surface area (Å²) in [5.41, 5.74) is 0.938. The summed E-state index contributed by atoms with van der Waals surface area (Å²) in [6.45, 7) is 1.49. The van der Waals surface area contributed by atoms with Crippen molar-refractivity contribution in [1.82, 2.24) is 0 Å². The standard InChI is InChI=1S/C17H15FN2O4/c1-10(21)20(2)14-5-4-12(18)8-13(14)19-17(22)11-3-6-15-16(7-11)24-9-23-15/h3-8H,9H2,1-2H3,(H,19,22). The fourth-order valence-corrected chi connectivity index (χ4v) is 2.30. The number of amides is 2. The Kier molecular flexibility index (Phi) is 4.07. The van der Waals surface area contributed by atoms with Gasteiger partial charge in [0.2, 0.25) is 12.7 Å². The van der Waals surface area contributed by atoms with Crippen LogP contribution >= 0.6 is 0 Å². The zero-order valence-electron chi connectivity index (χ0n) is 13.1.